The number of benzene rings is 2. The third kappa shape index (κ3) is 3.13. The van der Waals surface area contributed by atoms with Crippen LogP contribution in [0.25, 0.3) is 22.3 Å². The smallest absolute Gasteiger partial charge is 0.235 e. The van der Waals surface area contributed by atoms with Gasteiger partial charge in [0.05, 0.1) is 11.4 Å². The molecule has 1 aromatic heterocycles. The van der Waals surface area contributed by atoms with Crippen LogP contribution >= 0.6 is 0 Å². The molecule has 0 N–H and O–H groups in total. The zero-order valence-electron chi connectivity index (χ0n) is 14.2. The van der Waals surface area contributed by atoms with Crippen molar-refractivity contribution in [3.8, 4) is 17.1 Å². The Morgan fingerprint density at radius 1 is 1.12 bits per heavy atom. The van der Waals surface area contributed by atoms with E-state index in [1.54, 1.807) is 36.4 Å². The summed E-state index contributed by atoms with van der Waals surface area (Å²) < 4.78 is 11.3. The number of fused-ring (bicyclic) bond motifs is 1. The fraction of sp³-hybridized carbons (Fsp3) is 0.200. The van der Waals surface area contributed by atoms with E-state index in [4.69, 9.17) is 9.15 Å². The second-order valence-electron chi connectivity index (χ2n) is 5.97. The number of hydrogen-bond donors (Lipinski definition) is 0. The van der Waals surface area contributed by atoms with Gasteiger partial charge in [-0.15, -0.1) is 0 Å². The molecule has 0 aliphatic rings. The van der Waals surface area contributed by atoms with Gasteiger partial charge in [-0.25, -0.2) is 0 Å². The van der Waals surface area contributed by atoms with Gasteiger partial charge in [0.25, 0.3) is 0 Å². The molecule has 25 heavy (non-hydrogen) atoms. The van der Waals surface area contributed by atoms with Crippen molar-refractivity contribution in [2.24, 2.45) is 0 Å². The number of carbonyl (C=O) groups excluding carboxylic acids is 1. The molecule has 2 aromatic carbocycles. The molecule has 5 nitrogen and oxygen atoms in total. The molecule has 0 spiro atoms. The predicted molar refractivity (Wildman–Crippen MR) is 92.5 cm³/mol. The summed E-state index contributed by atoms with van der Waals surface area (Å²) in [6, 6.07) is 12.5. The minimum atomic E-state index is -1.40. The van der Waals surface area contributed by atoms with Gasteiger partial charge in [-0.1, -0.05) is 30.3 Å². The predicted octanol–water partition coefficient (Wildman–Crippen LogP) is 2.59. The maximum absolute atomic E-state index is 12.9. The number of ether oxygens (including phenoxy) is 1. The van der Waals surface area contributed by atoms with E-state index in [1.807, 2.05) is 19.9 Å². The third-order valence-electron chi connectivity index (χ3n) is 4.13. The van der Waals surface area contributed by atoms with Crippen molar-refractivity contribution in [2.75, 3.05) is 0 Å². The Morgan fingerprint density at radius 3 is 2.40 bits per heavy atom. The highest BCUT2D eigenvalue weighted by molar-refractivity contribution is 5.83. The van der Waals surface area contributed by atoms with Gasteiger partial charge in [-0.3, -0.25) is 4.79 Å². The lowest BCUT2D eigenvalue weighted by atomic mass is 10.0. The number of aliphatic carboxylic acids is 1. The van der Waals surface area contributed by atoms with Crippen LogP contribution in [-0.4, -0.2) is 12.1 Å². The number of aryl methyl sites for hydroxylation is 2. The molecule has 0 aliphatic carbocycles. The molecular formula is C20H17O5-. The third-order valence-corrected chi connectivity index (χ3v) is 4.13. The van der Waals surface area contributed by atoms with Crippen LogP contribution in [0, 0.1) is 13.8 Å². The van der Waals surface area contributed by atoms with E-state index in [2.05, 4.69) is 0 Å². The fourth-order valence-electron chi connectivity index (χ4n) is 2.54. The number of rotatable bonds is 4. The van der Waals surface area contributed by atoms with E-state index in [-0.39, 0.29) is 11.5 Å². The lowest BCUT2D eigenvalue weighted by molar-refractivity contribution is -0.312. The summed E-state index contributed by atoms with van der Waals surface area (Å²) in [7, 11) is 0. The van der Waals surface area contributed by atoms with Crippen molar-refractivity contribution in [3.05, 3.63) is 63.8 Å². The van der Waals surface area contributed by atoms with Crippen LogP contribution in [0.5, 0.6) is 5.75 Å². The second-order valence-corrected chi connectivity index (χ2v) is 5.97. The molecule has 1 unspecified atom stereocenters. The Hall–Kier alpha value is -3.08. The van der Waals surface area contributed by atoms with Crippen molar-refractivity contribution in [2.45, 2.75) is 26.9 Å². The molecule has 128 valence electrons. The van der Waals surface area contributed by atoms with Crippen LogP contribution < -0.4 is 15.3 Å². The summed E-state index contributed by atoms with van der Waals surface area (Å²) in [5.41, 5.74) is 2.58. The van der Waals surface area contributed by atoms with Crippen LogP contribution in [0.2, 0.25) is 0 Å². The van der Waals surface area contributed by atoms with E-state index >= 15 is 0 Å². The van der Waals surface area contributed by atoms with E-state index in [9.17, 15) is 14.7 Å². The molecule has 0 bridgehead atoms. The van der Waals surface area contributed by atoms with Crippen molar-refractivity contribution in [1.82, 2.24) is 0 Å². The van der Waals surface area contributed by atoms with Gasteiger partial charge in [-0.05, 0) is 44.0 Å². The van der Waals surface area contributed by atoms with E-state index in [1.165, 1.54) is 6.92 Å². The van der Waals surface area contributed by atoms with E-state index < -0.39 is 17.5 Å². The van der Waals surface area contributed by atoms with Gasteiger partial charge in [0.1, 0.15) is 11.7 Å². The highest BCUT2D eigenvalue weighted by Crippen LogP contribution is 2.32. The lowest BCUT2D eigenvalue weighted by Gasteiger charge is -2.17. The molecule has 3 rings (SSSR count). The topological polar surface area (TPSA) is 79.6 Å². The van der Waals surface area contributed by atoms with Crippen molar-refractivity contribution >= 4 is 16.9 Å². The van der Waals surface area contributed by atoms with E-state index in [0.717, 1.165) is 11.1 Å². The molecule has 1 heterocycles. The SMILES string of the molecule is Cc1cc2oc(-c3ccccc3)c(OC(C)C(=O)[O-])c(=O)c2cc1C. The molecule has 0 saturated carbocycles. The quantitative estimate of drug-likeness (QED) is 0.731. The Labute approximate surface area is 144 Å². The number of carboxylic acid groups (broad SMARTS) is 1. The maximum Gasteiger partial charge on any atom is 0.235 e. The molecule has 0 radical (unpaired) electrons. The first-order valence-corrected chi connectivity index (χ1v) is 7.89. The average Bonchev–Trinajstić information content (AvgIpc) is 2.59. The fourth-order valence-corrected chi connectivity index (χ4v) is 2.54. The largest absolute Gasteiger partial charge is 0.546 e. The first-order valence-electron chi connectivity index (χ1n) is 7.89. The molecule has 5 heteroatoms. The van der Waals surface area contributed by atoms with Gasteiger partial charge in [0, 0.05) is 5.56 Å². The van der Waals surface area contributed by atoms with Crippen LogP contribution in [0.15, 0.2) is 51.7 Å². The van der Waals surface area contributed by atoms with Crippen molar-refractivity contribution < 1.29 is 19.1 Å². The minimum absolute atomic E-state index is 0.126. The number of carbonyl (C=O) groups is 1. The molecule has 0 amide bonds. The van der Waals surface area contributed by atoms with Gasteiger partial charge in [-0.2, -0.15) is 0 Å². The highest BCUT2D eigenvalue weighted by atomic mass is 16.5. The molecule has 3 aromatic rings. The molecule has 0 fully saturated rings. The maximum atomic E-state index is 12.9. The lowest BCUT2D eigenvalue weighted by Crippen LogP contribution is -2.38. The summed E-state index contributed by atoms with van der Waals surface area (Å²) >= 11 is 0. The second kappa shape index (κ2) is 6.43. The normalized spacial score (nSPS) is 12.1. The van der Waals surface area contributed by atoms with E-state index in [0.29, 0.717) is 16.5 Å². The van der Waals surface area contributed by atoms with Crippen LogP contribution in [-0.2, 0) is 4.79 Å². The summed E-state index contributed by atoms with van der Waals surface area (Å²) in [6.45, 7) is 5.14. The molecule has 0 saturated heterocycles. The van der Waals surface area contributed by atoms with Crippen LogP contribution in [0.1, 0.15) is 18.1 Å². The molecule has 0 aliphatic heterocycles. The van der Waals surface area contributed by atoms with Crippen LogP contribution in [0.3, 0.4) is 0 Å². The first kappa shape index (κ1) is 16.8. The van der Waals surface area contributed by atoms with Gasteiger partial charge in [0.2, 0.25) is 11.2 Å². The van der Waals surface area contributed by atoms with Crippen LogP contribution in [0.4, 0.5) is 0 Å². The standard InChI is InChI=1S/C20H18O5/c1-11-9-15-16(10-12(11)2)25-18(14-7-5-4-6-8-14)19(17(15)21)24-13(3)20(22)23/h4-10,13H,1-3H3,(H,22,23)/p-1. The van der Waals surface area contributed by atoms with Crippen molar-refractivity contribution in [1.29, 1.82) is 0 Å². The Morgan fingerprint density at radius 2 is 1.76 bits per heavy atom. The van der Waals surface area contributed by atoms with Gasteiger partial charge >= 0.3 is 0 Å². The zero-order valence-corrected chi connectivity index (χ0v) is 14.2. The summed E-state index contributed by atoms with van der Waals surface area (Å²) in [5.74, 6) is -1.33. The Balaban J connectivity index is 2.32. The Kier molecular flexibility index (Phi) is 4.31. The summed E-state index contributed by atoms with van der Waals surface area (Å²) in [6.07, 6.45) is -1.28. The molecule has 1 atom stereocenters. The summed E-state index contributed by atoms with van der Waals surface area (Å²) in [4.78, 5) is 24.0. The van der Waals surface area contributed by atoms with Gasteiger partial charge < -0.3 is 19.1 Å². The summed E-state index contributed by atoms with van der Waals surface area (Å²) in [5, 5.41) is 11.4. The average molecular weight is 337 g/mol. The monoisotopic (exact) mass is 337 g/mol. The number of carboxylic acids is 1. The molecular weight excluding hydrogens is 320 g/mol. The van der Waals surface area contributed by atoms with Gasteiger partial charge in [0.15, 0.2) is 5.76 Å². The minimum Gasteiger partial charge on any atom is -0.546 e. The number of hydrogen-bond acceptors (Lipinski definition) is 5. The zero-order chi connectivity index (χ0) is 18.1. The highest BCUT2D eigenvalue weighted by Gasteiger charge is 2.20. The van der Waals surface area contributed by atoms with Crippen molar-refractivity contribution in [3.63, 3.8) is 0 Å². The Bertz CT molecular complexity index is 1000. The first-order chi connectivity index (χ1) is 11.9.